The molecule has 1 aliphatic heterocycles. The molecule has 0 atom stereocenters. The molecule has 3 aromatic carbocycles. The van der Waals surface area contributed by atoms with Crippen LogP contribution in [0.15, 0.2) is 54.1 Å². The van der Waals surface area contributed by atoms with Crippen LogP contribution in [0.25, 0.3) is 16.8 Å². The summed E-state index contributed by atoms with van der Waals surface area (Å²) in [7, 11) is 2.78. The van der Waals surface area contributed by atoms with Crippen molar-refractivity contribution in [2.24, 2.45) is 0 Å². The van der Waals surface area contributed by atoms with Gasteiger partial charge in [0.1, 0.15) is 22.8 Å². The van der Waals surface area contributed by atoms with Gasteiger partial charge < -0.3 is 14.2 Å². The molecule has 0 radical (unpaired) electrons. The highest BCUT2D eigenvalue weighted by atomic mass is 35.5. The lowest BCUT2D eigenvalue weighted by Crippen LogP contribution is -2.54. The van der Waals surface area contributed by atoms with Crippen molar-refractivity contribution in [3.63, 3.8) is 0 Å². The average molecular weight is 481 g/mol. The average Bonchev–Trinajstić information content (AvgIpc) is 2.83. The van der Waals surface area contributed by atoms with Crippen molar-refractivity contribution in [1.29, 1.82) is 0 Å². The molecule has 4 rings (SSSR count). The number of hydrogen-bond donors (Lipinski definition) is 1. The Labute approximate surface area is 200 Å². The highest BCUT2D eigenvalue weighted by Crippen LogP contribution is 2.40. The van der Waals surface area contributed by atoms with E-state index in [0.717, 1.165) is 15.7 Å². The van der Waals surface area contributed by atoms with Crippen molar-refractivity contribution in [2.75, 3.05) is 25.7 Å². The first-order valence-electron chi connectivity index (χ1n) is 10.4. The number of ether oxygens (including phenoxy) is 3. The molecule has 0 aromatic heterocycles. The fourth-order valence-electron chi connectivity index (χ4n) is 3.75. The minimum Gasteiger partial charge on any atom is -0.495 e. The molecule has 9 heteroatoms. The minimum absolute atomic E-state index is 0.0765. The topological polar surface area (TPSA) is 94.2 Å². The predicted molar refractivity (Wildman–Crippen MR) is 129 cm³/mol. The smallest absolute Gasteiger partial charge is 0.336 e. The van der Waals surface area contributed by atoms with E-state index in [9.17, 15) is 14.4 Å². The number of halogens is 1. The number of barbiturate groups is 1. The maximum absolute atomic E-state index is 13.5. The van der Waals surface area contributed by atoms with E-state index in [1.165, 1.54) is 32.4 Å². The maximum Gasteiger partial charge on any atom is 0.336 e. The first-order chi connectivity index (χ1) is 16.4. The molecule has 0 unspecified atom stereocenters. The van der Waals surface area contributed by atoms with Crippen LogP contribution in [0.5, 0.6) is 17.2 Å². The number of methoxy groups -OCH3 is 2. The highest BCUT2D eigenvalue weighted by molar-refractivity contribution is 6.40. The lowest BCUT2D eigenvalue weighted by atomic mass is 9.99. The highest BCUT2D eigenvalue weighted by Gasteiger charge is 2.39. The third kappa shape index (κ3) is 4.04. The number of fused-ring (bicyclic) bond motifs is 1. The molecule has 1 fully saturated rings. The number of benzene rings is 3. The van der Waals surface area contributed by atoms with E-state index in [4.69, 9.17) is 25.8 Å². The quantitative estimate of drug-likeness (QED) is 0.410. The summed E-state index contributed by atoms with van der Waals surface area (Å²) >= 11 is 6.17. The Balaban J connectivity index is 1.89. The molecular weight excluding hydrogens is 460 g/mol. The van der Waals surface area contributed by atoms with Gasteiger partial charge in [0.05, 0.1) is 31.5 Å². The second kappa shape index (κ2) is 9.44. The molecule has 3 aromatic rings. The van der Waals surface area contributed by atoms with Crippen molar-refractivity contribution < 1.29 is 28.6 Å². The molecule has 4 amide bonds. The van der Waals surface area contributed by atoms with Crippen LogP contribution in [0.2, 0.25) is 5.02 Å². The normalized spacial score (nSPS) is 15.0. The summed E-state index contributed by atoms with van der Waals surface area (Å²) in [6.07, 6.45) is 1.43. The van der Waals surface area contributed by atoms with E-state index in [2.05, 4.69) is 5.32 Å². The van der Waals surface area contributed by atoms with Crippen molar-refractivity contribution in [3.8, 4) is 17.2 Å². The molecule has 8 nitrogen and oxygen atoms in total. The Kier molecular flexibility index (Phi) is 6.43. The Bertz CT molecular complexity index is 1350. The molecule has 0 spiro atoms. The van der Waals surface area contributed by atoms with Gasteiger partial charge in [-0.1, -0.05) is 41.9 Å². The minimum atomic E-state index is -0.919. The molecule has 174 valence electrons. The number of carbonyl (C=O) groups is 3. The van der Waals surface area contributed by atoms with Gasteiger partial charge in [-0.3, -0.25) is 14.9 Å². The van der Waals surface area contributed by atoms with Gasteiger partial charge in [-0.15, -0.1) is 0 Å². The van der Waals surface area contributed by atoms with Crippen molar-refractivity contribution in [2.45, 2.75) is 6.92 Å². The fourth-order valence-corrected chi connectivity index (χ4v) is 3.98. The monoisotopic (exact) mass is 480 g/mol. The third-order valence-electron chi connectivity index (χ3n) is 5.32. The lowest BCUT2D eigenvalue weighted by molar-refractivity contribution is -0.122. The number of anilines is 1. The zero-order valence-corrected chi connectivity index (χ0v) is 19.4. The molecule has 0 saturated carbocycles. The SMILES string of the molecule is CCOc1ccc2ccccc2c1/C=C1\C(=O)NC(=O)N(c2cc(OC)c(Cl)cc2OC)C1=O. The number of carbonyl (C=O) groups excluding carboxylic acids is 3. The van der Waals surface area contributed by atoms with Gasteiger partial charge in [0.2, 0.25) is 0 Å². The summed E-state index contributed by atoms with van der Waals surface area (Å²) in [6, 6.07) is 13.1. The van der Waals surface area contributed by atoms with Gasteiger partial charge in [-0.2, -0.15) is 0 Å². The van der Waals surface area contributed by atoms with Crippen LogP contribution in [-0.4, -0.2) is 38.7 Å². The zero-order chi connectivity index (χ0) is 24.4. The van der Waals surface area contributed by atoms with E-state index in [1.807, 2.05) is 37.3 Å². The Morgan fingerprint density at radius 3 is 2.41 bits per heavy atom. The van der Waals surface area contributed by atoms with Crippen LogP contribution in [-0.2, 0) is 9.59 Å². The van der Waals surface area contributed by atoms with E-state index in [0.29, 0.717) is 17.9 Å². The summed E-state index contributed by atoms with van der Waals surface area (Å²) in [4.78, 5) is 39.8. The molecule has 1 heterocycles. The first-order valence-corrected chi connectivity index (χ1v) is 10.7. The maximum atomic E-state index is 13.5. The summed E-state index contributed by atoms with van der Waals surface area (Å²) in [5.74, 6) is -0.756. The summed E-state index contributed by atoms with van der Waals surface area (Å²) in [5, 5.41) is 4.14. The standard InChI is InChI=1S/C25H21ClN2O6/c1-4-34-20-10-9-14-7-5-6-8-15(14)16(20)11-17-23(29)27-25(31)28(24(17)30)19-13-21(32-2)18(26)12-22(19)33-3/h5-13H,4H2,1-3H3,(H,27,29,31)/b17-11+. The van der Waals surface area contributed by atoms with E-state index < -0.39 is 17.8 Å². The molecule has 1 aliphatic rings. The first kappa shape index (κ1) is 23.1. The van der Waals surface area contributed by atoms with E-state index in [-0.39, 0.29) is 27.8 Å². The van der Waals surface area contributed by atoms with Gasteiger partial charge >= 0.3 is 6.03 Å². The fraction of sp³-hybridized carbons (Fsp3) is 0.160. The van der Waals surface area contributed by atoms with Crippen LogP contribution in [0.1, 0.15) is 12.5 Å². The van der Waals surface area contributed by atoms with Gasteiger partial charge in [0, 0.05) is 17.7 Å². The van der Waals surface area contributed by atoms with Crippen LogP contribution in [0.4, 0.5) is 10.5 Å². The number of rotatable bonds is 6. The lowest BCUT2D eigenvalue weighted by Gasteiger charge is -2.28. The van der Waals surface area contributed by atoms with Gasteiger partial charge in [0.15, 0.2) is 0 Å². The molecule has 34 heavy (non-hydrogen) atoms. The summed E-state index contributed by atoms with van der Waals surface area (Å²) in [5.41, 5.74) is 0.383. The van der Waals surface area contributed by atoms with Crippen LogP contribution < -0.4 is 24.4 Å². The van der Waals surface area contributed by atoms with Crippen molar-refractivity contribution in [1.82, 2.24) is 5.32 Å². The molecule has 0 bridgehead atoms. The van der Waals surface area contributed by atoms with Crippen LogP contribution >= 0.6 is 11.6 Å². The van der Waals surface area contributed by atoms with Crippen molar-refractivity contribution in [3.05, 3.63) is 64.7 Å². The number of nitrogens with zero attached hydrogens (tertiary/aromatic N) is 1. The number of nitrogens with one attached hydrogen (secondary N) is 1. The van der Waals surface area contributed by atoms with Crippen LogP contribution in [0.3, 0.4) is 0 Å². The van der Waals surface area contributed by atoms with Gasteiger partial charge in [-0.05, 0) is 29.8 Å². The predicted octanol–water partition coefficient (Wildman–Crippen LogP) is 4.58. The zero-order valence-electron chi connectivity index (χ0n) is 18.7. The van der Waals surface area contributed by atoms with Crippen LogP contribution in [0, 0.1) is 0 Å². The van der Waals surface area contributed by atoms with E-state index in [1.54, 1.807) is 6.07 Å². The molecule has 1 N–H and O–H groups in total. The number of amides is 4. The molecular formula is C25H21ClN2O6. The second-order valence-corrected chi connectivity index (χ2v) is 7.66. The van der Waals surface area contributed by atoms with E-state index >= 15 is 0 Å². The molecule has 0 aliphatic carbocycles. The Morgan fingerprint density at radius 2 is 1.71 bits per heavy atom. The van der Waals surface area contributed by atoms with Crippen molar-refractivity contribution >= 4 is 52.0 Å². The Morgan fingerprint density at radius 1 is 0.971 bits per heavy atom. The number of hydrogen-bond acceptors (Lipinski definition) is 6. The summed E-state index contributed by atoms with van der Waals surface area (Å²) in [6.45, 7) is 2.23. The second-order valence-electron chi connectivity index (χ2n) is 7.25. The molecule has 1 saturated heterocycles. The van der Waals surface area contributed by atoms with Gasteiger partial charge in [0.25, 0.3) is 11.8 Å². The largest absolute Gasteiger partial charge is 0.495 e. The number of urea groups is 1. The summed E-state index contributed by atoms with van der Waals surface area (Å²) < 4.78 is 16.3. The van der Waals surface area contributed by atoms with Gasteiger partial charge in [-0.25, -0.2) is 9.69 Å². The third-order valence-corrected chi connectivity index (χ3v) is 5.61. The Hall–Kier alpha value is -4.04. The number of imide groups is 2.